The van der Waals surface area contributed by atoms with E-state index < -0.39 is 11.9 Å². The number of rotatable bonds is 9. The molecule has 20 heavy (non-hydrogen) atoms. The highest BCUT2D eigenvalue weighted by molar-refractivity contribution is 5.81. The number of carbonyl (C=O) groups is 2. The zero-order chi connectivity index (χ0) is 15.6. The van der Waals surface area contributed by atoms with Crippen LogP contribution in [0.3, 0.4) is 0 Å². The zero-order valence-electron chi connectivity index (χ0n) is 11.5. The van der Waals surface area contributed by atoms with Crippen LogP contribution in [0.5, 0.6) is 0 Å². The maximum atomic E-state index is 10.4. The molecule has 0 aliphatic heterocycles. The van der Waals surface area contributed by atoms with E-state index in [1.54, 1.807) is 0 Å². The number of nitriles is 2. The minimum Gasteiger partial charge on any atom is -0.481 e. The molecule has 0 aliphatic rings. The fourth-order valence-electron chi connectivity index (χ4n) is 1.02. The summed E-state index contributed by atoms with van der Waals surface area (Å²) < 4.78 is 4.67. The van der Waals surface area contributed by atoms with Gasteiger partial charge in [0.15, 0.2) is 0 Å². The van der Waals surface area contributed by atoms with Gasteiger partial charge in [0.25, 0.3) is 0 Å². The van der Waals surface area contributed by atoms with Crippen molar-refractivity contribution in [3.8, 4) is 12.1 Å². The summed E-state index contributed by atoms with van der Waals surface area (Å²) in [6, 6.07) is 3.96. The van der Waals surface area contributed by atoms with Crippen molar-refractivity contribution in [3.63, 3.8) is 0 Å². The molecule has 0 saturated heterocycles. The van der Waals surface area contributed by atoms with Crippen LogP contribution < -0.4 is 0 Å². The second-order valence-corrected chi connectivity index (χ2v) is 3.75. The van der Waals surface area contributed by atoms with E-state index in [2.05, 4.69) is 11.3 Å². The highest BCUT2D eigenvalue weighted by atomic mass is 16.5. The number of esters is 1. The van der Waals surface area contributed by atoms with Gasteiger partial charge in [-0.25, -0.2) is 4.79 Å². The summed E-state index contributed by atoms with van der Waals surface area (Å²) in [5, 5.41) is 24.3. The molecule has 0 amide bonds. The van der Waals surface area contributed by atoms with Gasteiger partial charge in [-0.3, -0.25) is 4.79 Å². The molecule has 0 radical (unpaired) electrons. The Morgan fingerprint density at radius 1 is 1.10 bits per heavy atom. The SMILES string of the molecule is C=CC(=O)OCCCCC#N.N#CCCCCC(=O)O. The molecule has 0 aromatic rings. The fraction of sp³-hybridized carbons (Fsp3) is 0.571. The van der Waals surface area contributed by atoms with Crippen molar-refractivity contribution in [1.29, 1.82) is 10.5 Å². The third kappa shape index (κ3) is 21.0. The lowest BCUT2D eigenvalue weighted by atomic mass is 10.2. The standard InChI is InChI=1S/C8H11NO2.C6H9NO2/c1-2-8(10)11-7-5-3-4-6-9;7-5-3-1-2-4-6(8)9/h2H,1,3-5,7H2;1-4H2,(H,8,9). The number of carbonyl (C=O) groups excluding carboxylic acids is 1. The predicted molar refractivity (Wildman–Crippen MR) is 72.3 cm³/mol. The van der Waals surface area contributed by atoms with Gasteiger partial charge in [-0.1, -0.05) is 6.58 Å². The Labute approximate surface area is 119 Å². The maximum Gasteiger partial charge on any atom is 0.330 e. The summed E-state index contributed by atoms with van der Waals surface area (Å²) in [7, 11) is 0. The topological polar surface area (TPSA) is 111 Å². The fourth-order valence-corrected chi connectivity index (χ4v) is 1.02. The van der Waals surface area contributed by atoms with Crippen molar-refractivity contribution < 1.29 is 19.4 Å². The average Bonchev–Trinajstić information content (AvgIpc) is 2.43. The minimum absolute atomic E-state index is 0.182. The van der Waals surface area contributed by atoms with Gasteiger partial charge in [-0.05, 0) is 25.7 Å². The van der Waals surface area contributed by atoms with E-state index in [4.69, 9.17) is 15.6 Å². The van der Waals surface area contributed by atoms with E-state index >= 15 is 0 Å². The van der Waals surface area contributed by atoms with Crippen LogP contribution in [0.2, 0.25) is 0 Å². The summed E-state index contributed by atoms with van der Waals surface area (Å²) in [5.74, 6) is -1.19. The number of ether oxygens (including phenoxy) is 1. The van der Waals surface area contributed by atoms with E-state index in [0.717, 1.165) is 18.9 Å². The lowest BCUT2D eigenvalue weighted by Gasteiger charge is -1.98. The number of unbranched alkanes of at least 4 members (excludes halogenated alkanes) is 4. The first-order valence-electron chi connectivity index (χ1n) is 6.33. The molecule has 0 heterocycles. The van der Waals surface area contributed by atoms with Crippen LogP contribution in [-0.2, 0) is 14.3 Å². The quantitative estimate of drug-likeness (QED) is 0.394. The predicted octanol–water partition coefficient (Wildman–Crippen LogP) is 2.56. The van der Waals surface area contributed by atoms with Crippen LogP contribution in [0.1, 0.15) is 44.9 Å². The van der Waals surface area contributed by atoms with Crippen LogP contribution in [-0.4, -0.2) is 23.7 Å². The summed E-state index contributed by atoms with van der Waals surface area (Å²) in [6.45, 7) is 3.63. The lowest BCUT2D eigenvalue weighted by Crippen LogP contribution is -2.01. The van der Waals surface area contributed by atoms with Gasteiger partial charge in [0.2, 0.25) is 0 Å². The molecule has 0 bridgehead atoms. The largest absolute Gasteiger partial charge is 0.481 e. The summed E-state index contributed by atoms with van der Waals surface area (Å²) in [5.41, 5.74) is 0. The Morgan fingerprint density at radius 3 is 2.10 bits per heavy atom. The van der Waals surface area contributed by atoms with Crippen molar-refractivity contribution in [2.75, 3.05) is 6.61 Å². The third-order valence-electron chi connectivity index (χ3n) is 2.02. The van der Waals surface area contributed by atoms with Gasteiger partial charge in [0, 0.05) is 25.3 Å². The Balaban J connectivity index is 0. The smallest absolute Gasteiger partial charge is 0.330 e. The molecule has 0 rings (SSSR count). The Bertz CT molecular complexity index is 366. The van der Waals surface area contributed by atoms with Gasteiger partial charge in [-0.15, -0.1) is 0 Å². The molecule has 6 nitrogen and oxygen atoms in total. The first-order chi connectivity index (χ1) is 9.58. The molecule has 0 saturated carbocycles. The highest BCUT2D eigenvalue weighted by Crippen LogP contribution is 1.97. The zero-order valence-corrected chi connectivity index (χ0v) is 11.5. The molecular formula is C14H20N2O4. The summed E-state index contributed by atoms with van der Waals surface area (Å²) in [4.78, 5) is 20.3. The molecule has 0 aromatic heterocycles. The number of aliphatic carboxylic acids is 1. The minimum atomic E-state index is -0.784. The van der Waals surface area contributed by atoms with Crippen molar-refractivity contribution in [2.24, 2.45) is 0 Å². The molecule has 0 spiro atoms. The number of hydrogen-bond acceptors (Lipinski definition) is 5. The Morgan fingerprint density at radius 2 is 1.65 bits per heavy atom. The summed E-state index contributed by atoms with van der Waals surface area (Å²) >= 11 is 0. The van der Waals surface area contributed by atoms with Crippen LogP contribution in [0, 0.1) is 22.7 Å². The Hall–Kier alpha value is -2.34. The van der Waals surface area contributed by atoms with Crippen molar-refractivity contribution in [3.05, 3.63) is 12.7 Å². The second kappa shape index (κ2) is 16.7. The summed E-state index contributed by atoms with van der Waals surface area (Å²) in [6.07, 6.45) is 5.13. The van der Waals surface area contributed by atoms with Gasteiger partial charge in [-0.2, -0.15) is 10.5 Å². The second-order valence-electron chi connectivity index (χ2n) is 3.75. The first-order valence-corrected chi connectivity index (χ1v) is 6.33. The highest BCUT2D eigenvalue weighted by Gasteiger charge is 1.94. The van der Waals surface area contributed by atoms with Gasteiger partial charge in [0.05, 0.1) is 18.7 Å². The van der Waals surface area contributed by atoms with Crippen LogP contribution in [0.25, 0.3) is 0 Å². The van der Waals surface area contributed by atoms with Gasteiger partial charge in [0.1, 0.15) is 0 Å². The monoisotopic (exact) mass is 280 g/mol. The van der Waals surface area contributed by atoms with Crippen LogP contribution >= 0.6 is 0 Å². The third-order valence-corrected chi connectivity index (χ3v) is 2.02. The van der Waals surface area contributed by atoms with Gasteiger partial charge < -0.3 is 9.84 Å². The van der Waals surface area contributed by atoms with E-state index in [9.17, 15) is 9.59 Å². The molecule has 0 fully saturated rings. The van der Waals surface area contributed by atoms with Crippen molar-refractivity contribution in [2.45, 2.75) is 44.9 Å². The van der Waals surface area contributed by atoms with E-state index in [-0.39, 0.29) is 6.42 Å². The molecule has 1 N–H and O–H groups in total. The average molecular weight is 280 g/mol. The van der Waals surface area contributed by atoms with E-state index in [0.29, 0.717) is 32.3 Å². The Kier molecular flexibility index (Phi) is 16.6. The van der Waals surface area contributed by atoms with Crippen LogP contribution in [0.15, 0.2) is 12.7 Å². The molecule has 0 atom stereocenters. The number of carboxylic acids is 1. The van der Waals surface area contributed by atoms with Gasteiger partial charge >= 0.3 is 11.9 Å². The number of carboxylic acid groups (broad SMARTS) is 1. The van der Waals surface area contributed by atoms with Crippen molar-refractivity contribution >= 4 is 11.9 Å². The molecule has 6 heteroatoms. The lowest BCUT2D eigenvalue weighted by molar-refractivity contribution is -0.138. The van der Waals surface area contributed by atoms with E-state index in [1.165, 1.54) is 0 Å². The molecule has 110 valence electrons. The number of hydrogen-bond donors (Lipinski definition) is 1. The van der Waals surface area contributed by atoms with E-state index in [1.807, 2.05) is 12.1 Å². The number of nitrogens with zero attached hydrogens (tertiary/aromatic N) is 2. The first kappa shape index (κ1) is 20.0. The normalized spacial score (nSPS) is 8.30. The van der Waals surface area contributed by atoms with Crippen molar-refractivity contribution in [1.82, 2.24) is 0 Å². The molecule has 0 unspecified atom stereocenters. The molecule has 0 aliphatic carbocycles. The molecule has 0 aromatic carbocycles. The van der Waals surface area contributed by atoms with Crippen LogP contribution in [0.4, 0.5) is 0 Å². The maximum absolute atomic E-state index is 10.4. The molecular weight excluding hydrogens is 260 g/mol.